The second-order valence-corrected chi connectivity index (χ2v) is 10.3. The van der Waals surface area contributed by atoms with Crippen LogP contribution in [0.25, 0.3) is 5.69 Å². The molecule has 0 aliphatic carbocycles. The Labute approximate surface area is 197 Å². The lowest BCUT2D eigenvalue weighted by Gasteiger charge is -2.34. The summed E-state index contributed by atoms with van der Waals surface area (Å²) in [4.78, 5) is 14.8. The Hall–Kier alpha value is -2.75. The van der Waals surface area contributed by atoms with Crippen LogP contribution in [0, 0.1) is 19.7 Å². The van der Waals surface area contributed by atoms with Gasteiger partial charge in [-0.15, -0.1) is 0 Å². The largest absolute Gasteiger partial charge is 0.340 e. The highest BCUT2D eigenvalue weighted by Gasteiger charge is 2.30. The zero-order valence-corrected chi connectivity index (χ0v) is 19.9. The number of aromatic nitrogens is 2. The van der Waals surface area contributed by atoms with Crippen LogP contribution in [-0.4, -0.2) is 59.5 Å². The van der Waals surface area contributed by atoms with Crippen molar-refractivity contribution in [1.29, 1.82) is 0 Å². The lowest BCUT2D eigenvalue weighted by molar-refractivity contribution is -0.131. The predicted molar refractivity (Wildman–Crippen MR) is 123 cm³/mol. The van der Waals surface area contributed by atoms with Crippen LogP contribution in [0.5, 0.6) is 0 Å². The van der Waals surface area contributed by atoms with Crippen LogP contribution >= 0.6 is 11.6 Å². The van der Waals surface area contributed by atoms with Gasteiger partial charge >= 0.3 is 0 Å². The van der Waals surface area contributed by atoms with Gasteiger partial charge in [-0.1, -0.05) is 17.7 Å². The molecule has 0 atom stereocenters. The Morgan fingerprint density at radius 1 is 1.06 bits per heavy atom. The summed E-state index contributed by atoms with van der Waals surface area (Å²) in [5.74, 6) is -0.410. The number of hydrogen-bond acceptors (Lipinski definition) is 4. The maximum absolute atomic E-state index is 13.3. The number of amides is 1. The summed E-state index contributed by atoms with van der Waals surface area (Å²) >= 11 is 5.95. The van der Waals surface area contributed by atoms with Gasteiger partial charge < -0.3 is 4.90 Å². The van der Waals surface area contributed by atoms with Gasteiger partial charge in [-0.2, -0.15) is 9.40 Å². The summed E-state index contributed by atoms with van der Waals surface area (Å²) < 4.78 is 42.1. The molecule has 0 unspecified atom stereocenters. The SMILES string of the molecule is Cc1nn(-c2ccc(F)cc2)c(C)c1CC(=O)N1CCN(S(=O)(=O)c2cccc(Cl)c2)CC1. The second-order valence-electron chi connectivity index (χ2n) is 7.96. The summed E-state index contributed by atoms with van der Waals surface area (Å²) in [5, 5.41) is 4.88. The number of carbonyl (C=O) groups is 1. The average Bonchev–Trinajstić information content (AvgIpc) is 3.08. The van der Waals surface area contributed by atoms with Gasteiger partial charge in [0.05, 0.1) is 22.7 Å². The van der Waals surface area contributed by atoms with E-state index >= 15 is 0 Å². The fraction of sp³-hybridized carbons (Fsp3) is 0.304. The molecule has 1 aliphatic heterocycles. The number of piperazine rings is 1. The van der Waals surface area contributed by atoms with Crippen molar-refractivity contribution in [3.8, 4) is 5.69 Å². The molecule has 7 nitrogen and oxygen atoms in total. The molecule has 2 heterocycles. The molecule has 0 radical (unpaired) electrons. The minimum absolute atomic E-state index is 0.0836. The van der Waals surface area contributed by atoms with Crippen LogP contribution in [0.4, 0.5) is 4.39 Å². The van der Waals surface area contributed by atoms with Gasteiger partial charge in [0, 0.05) is 42.5 Å². The molecule has 1 amide bonds. The standard InChI is InChI=1S/C23H24ClFN4O3S/c1-16-22(17(2)29(26-16)20-8-6-19(25)7-9-20)15-23(30)27-10-12-28(13-11-27)33(31,32)21-5-3-4-18(24)14-21/h3-9,14H,10-13,15H2,1-2H3. The number of sulfonamides is 1. The Morgan fingerprint density at radius 2 is 1.73 bits per heavy atom. The minimum atomic E-state index is -3.67. The summed E-state index contributed by atoms with van der Waals surface area (Å²) in [7, 11) is -3.67. The van der Waals surface area contributed by atoms with Crippen LogP contribution in [0.1, 0.15) is 17.0 Å². The fourth-order valence-electron chi connectivity index (χ4n) is 3.98. The summed E-state index contributed by atoms with van der Waals surface area (Å²) in [6, 6.07) is 12.2. The molecular weight excluding hydrogens is 467 g/mol. The lowest BCUT2D eigenvalue weighted by atomic mass is 10.1. The van der Waals surface area contributed by atoms with Crippen LogP contribution < -0.4 is 0 Å². The molecular formula is C23H24ClFN4O3S. The molecule has 3 aromatic rings. The Bertz CT molecular complexity index is 1280. The molecule has 33 heavy (non-hydrogen) atoms. The third kappa shape index (κ3) is 4.80. The highest BCUT2D eigenvalue weighted by Crippen LogP contribution is 2.22. The quantitative estimate of drug-likeness (QED) is 0.549. The van der Waals surface area contributed by atoms with Gasteiger partial charge in [-0.05, 0) is 56.3 Å². The monoisotopic (exact) mass is 490 g/mol. The molecule has 1 saturated heterocycles. The van der Waals surface area contributed by atoms with Gasteiger partial charge in [0.2, 0.25) is 15.9 Å². The van der Waals surface area contributed by atoms with Crippen molar-refractivity contribution in [2.75, 3.05) is 26.2 Å². The molecule has 1 aromatic heterocycles. The van der Waals surface area contributed by atoms with Crippen molar-refractivity contribution in [2.45, 2.75) is 25.2 Å². The Morgan fingerprint density at radius 3 is 2.36 bits per heavy atom. The third-order valence-corrected chi connectivity index (χ3v) is 8.00. The molecule has 0 spiro atoms. The molecule has 1 fully saturated rings. The zero-order chi connectivity index (χ0) is 23.8. The third-order valence-electron chi connectivity index (χ3n) is 5.87. The zero-order valence-electron chi connectivity index (χ0n) is 18.3. The van der Waals surface area contributed by atoms with Crippen molar-refractivity contribution >= 4 is 27.5 Å². The minimum Gasteiger partial charge on any atom is -0.340 e. The molecule has 4 rings (SSSR count). The van der Waals surface area contributed by atoms with E-state index in [0.29, 0.717) is 18.1 Å². The van der Waals surface area contributed by atoms with Crippen LogP contribution in [0.3, 0.4) is 0 Å². The van der Waals surface area contributed by atoms with E-state index in [0.717, 1.165) is 22.6 Å². The first kappa shape index (κ1) is 23.4. The van der Waals surface area contributed by atoms with E-state index in [1.807, 2.05) is 13.8 Å². The number of aryl methyl sites for hydroxylation is 1. The highest BCUT2D eigenvalue weighted by atomic mass is 35.5. The molecule has 174 valence electrons. The topological polar surface area (TPSA) is 75.5 Å². The van der Waals surface area contributed by atoms with Crippen molar-refractivity contribution in [2.24, 2.45) is 0 Å². The van der Waals surface area contributed by atoms with Crippen LogP contribution in [0.15, 0.2) is 53.4 Å². The molecule has 1 aliphatic rings. The van der Waals surface area contributed by atoms with Gasteiger partial charge in [-0.3, -0.25) is 4.79 Å². The Kier molecular flexibility index (Phi) is 6.56. The first-order chi connectivity index (χ1) is 15.7. The van der Waals surface area contributed by atoms with E-state index in [1.165, 1.54) is 28.6 Å². The van der Waals surface area contributed by atoms with E-state index in [2.05, 4.69) is 5.10 Å². The van der Waals surface area contributed by atoms with Crippen molar-refractivity contribution in [3.63, 3.8) is 0 Å². The maximum atomic E-state index is 13.3. The molecule has 0 saturated carbocycles. The van der Waals surface area contributed by atoms with E-state index < -0.39 is 10.0 Å². The van der Waals surface area contributed by atoms with Crippen LogP contribution in [0.2, 0.25) is 5.02 Å². The number of hydrogen-bond donors (Lipinski definition) is 0. The number of benzene rings is 2. The smallest absolute Gasteiger partial charge is 0.243 e. The molecule has 2 aromatic carbocycles. The maximum Gasteiger partial charge on any atom is 0.243 e. The predicted octanol–water partition coefficient (Wildman–Crippen LogP) is 3.36. The van der Waals surface area contributed by atoms with Gasteiger partial charge in [-0.25, -0.2) is 17.5 Å². The molecule has 10 heteroatoms. The summed E-state index contributed by atoms with van der Waals surface area (Å²) in [5.41, 5.74) is 3.08. The first-order valence-corrected chi connectivity index (χ1v) is 12.3. The fourth-order valence-corrected chi connectivity index (χ4v) is 5.71. The molecule has 0 N–H and O–H groups in total. The normalized spacial score (nSPS) is 15.1. The van der Waals surface area contributed by atoms with E-state index in [1.54, 1.807) is 33.8 Å². The average molecular weight is 491 g/mol. The lowest BCUT2D eigenvalue weighted by Crippen LogP contribution is -2.50. The number of halogens is 2. The van der Waals surface area contributed by atoms with Crippen molar-refractivity contribution in [3.05, 3.63) is 76.3 Å². The van der Waals surface area contributed by atoms with E-state index in [9.17, 15) is 17.6 Å². The summed E-state index contributed by atoms with van der Waals surface area (Å²) in [6.07, 6.45) is 0.167. The summed E-state index contributed by atoms with van der Waals surface area (Å²) in [6.45, 7) is 4.76. The van der Waals surface area contributed by atoms with Crippen LogP contribution in [-0.2, 0) is 21.2 Å². The van der Waals surface area contributed by atoms with E-state index in [-0.39, 0.29) is 36.1 Å². The number of rotatable bonds is 5. The van der Waals surface area contributed by atoms with Gasteiger partial charge in [0.15, 0.2) is 0 Å². The highest BCUT2D eigenvalue weighted by molar-refractivity contribution is 7.89. The van der Waals surface area contributed by atoms with Crippen molar-refractivity contribution in [1.82, 2.24) is 19.0 Å². The molecule has 0 bridgehead atoms. The van der Waals surface area contributed by atoms with Gasteiger partial charge in [0.1, 0.15) is 5.82 Å². The Balaban J connectivity index is 1.43. The van der Waals surface area contributed by atoms with Gasteiger partial charge in [0.25, 0.3) is 0 Å². The first-order valence-electron chi connectivity index (χ1n) is 10.5. The second kappa shape index (κ2) is 9.24. The number of nitrogens with zero attached hydrogens (tertiary/aromatic N) is 4. The van der Waals surface area contributed by atoms with Crippen molar-refractivity contribution < 1.29 is 17.6 Å². The number of carbonyl (C=O) groups excluding carboxylic acids is 1. The van der Waals surface area contributed by atoms with E-state index in [4.69, 9.17) is 11.6 Å².